The number of hydrogen-bond acceptors (Lipinski definition) is 7. The predicted molar refractivity (Wildman–Crippen MR) is 130 cm³/mol. The van der Waals surface area contributed by atoms with Crippen molar-refractivity contribution in [2.75, 3.05) is 44.3 Å². The highest BCUT2D eigenvalue weighted by atomic mass is 35.5. The number of ether oxygens (including phenoxy) is 3. The molecule has 0 radical (unpaired) electrons. The molecule has 9 heteroatoms. The van der Waals surface area contributed by atoms with Crippen LogP contribution >= 0.6 is 22.9 Å². The number of thiazole rings is 1. The lowest BCUT2D eigenvalue weighted by atomic mass is 10.1. The first-order valence-corrected chi connectivity index (χ1v) is 12.3. The average Bonchev–Trinajstić information content (AvgIpc) is 3.26. The van der Waals surface area contributed by atoms with Gasteiger partial charge in [-0.15, -0.1) is 0 Å². The molecule has 2 aliphatic heterocycles. The number of halogens is 1. The number of carbonyl (C=O) groups is 1. The summed E-state index contributed by atoms with van der Waals surface area (Å²) in [6.45, 7) is 8.15. The summed E-state index contributed by atoms with van der Waals surface area (Å²) in [6, 6.07) is 11.3. The van der Waals surface area contributed by atoms with Gasteiger partial charge in [0.05, 0.1) is 23.4 Å². The van der Waals surface area contributed by atoms with E-state index in [1.54, 1.807) is 4.90 Å². The highest BCUT2D eigenvalue weighted by Crippen LogP contribution is 2.37. The Morgan fingerprint density at radius 3 is 2.67 bits per heavy atom. The van der Waals surface area contributed by atoms with Gasteiger partial charge in [0, 0.05) is 31.2 Å². The predicted octanol–water partition coefficient (Wildman–Crippen LogP) is 4.15. The second kappa shape index (κ2) is 9.46. The van der Waals surface area contributed by atoms with Crippen molar-refractivity contribution >= 4 is 44.2 Å². The fourth-order valence-electron chi connectivity index (χ4n) is 4.11. The van der Waals surface area contributed by atoms with Crippen molar-refractivity contribution in [2.24, 2.45) is 0 Å². The standard InChI is InChI=1S/C24H26ClN3O4S/c1-15-17(25)7-8-20-21(15)26-24(33-20)28(10-9-27-11-13-30-14-12-27)23(29)22-16(2)31-18-5-3-4-6-19(18)32-22/h3-8,16,22H,9-14H2,1-2H3. The molecule has 1 saturated heterocycles. The average molecular weight is 488 g/mol. The second-order valence-electron chi connectivity index (χ2n) is 8.27. The summed E-state index contributed by atoms with van der Waals surface area (Å²) >= 11 is 7.81. The number of para-hydroxylation sites is 2. The lowest BCUT2D eigenvalue weighted by Crippen LogP contribution is -2.52. The molecule has 0 spiro atoms. The molecule has 33 heavy (non-hydrogen) atoms. The number of carbonyl (C=O) groups excluding carboxylic acids is 1. The first-order valence-electron chi connectivity index (χ1n) is 11.1. The third kappa shape index (κ3) is 4.53. The number of rotatable bonds is 5. The zero-order valence-electron chi connectivity index (χ0n) is 18.6. The van der Waals surface area contributed by atoms with Crippen molar-refractivity contribution in [3.63, 3.8) is 0 Å². The van der Waals surface area contributed by atoms with Crippen LogP contribution in [0.3, 0.4) is 0 Å². The third-order valence-corrected chi connectivity index (χ3v) is 7.52. The smallest absolute Gasteiger partial charge is 0.273 e. The molecule has 0 N–H and O–H groups in total. The van der Waals surface area contributed by atoms with E-state index in [9.17, 15) is 4.79 Å². The maximum atomic E-state index is 13.8. The number of benzene rings is 2. The zero-order valence-corrected chi connectivity index (χ0v) is 20.2. The minimum atomic E-state index is -0.763. The summed E-state index contributed by atoms with van der Waals surface area (Å²) in [5.74, 6) is 1.07. The zero-order chi connectivity index (χ0) is 22.9. The highest BCUT2D eigenvalue weighted by molar-refractivity contribution is 7.22. The van der Waals surface area contributed by atoms with E-state index in [0.29, 0.717) is 41.4 Å². The third-order valence-electron chi connectivity index (χ3n) is 6.06. The van der Waals surface area contributed by atoms with Crippen LogP contribution in [0.15, 0.2) is 36.4 Å². The van der Waals surface area contributed by atoms with Crippen LogP contribution in [0.5, 0.6) is 11.5 Å². The van der Waals surface area contributed by atoms with E-state index >= 15 is 0 Å². The van der Waals surface area contributed by atoms with E-state index in [2.05, 4.69) is 4.90 Å². The quantitative estimate of drug-likeness (QED) is 0.538. The SMILES string of the molecule is Cc1c(Cl)ccc2sc(N(CCN3CCOCC3)C(=O)C3Oc4ccccc4OC3C)nc12. The van der Waals surface area contributed by atoms with Crippen molar-refractivity contribution < 1.29 is 19.0 Å². The molecule has 7 nitrogen and oxygen atoms in total. The summed E-state index contributed by atoms with van der Waals surface area (Å²) in [6.07, 6.45) is -1.19. The first kappa shape index (κ1) is 22.4. The monoisotopic (exact) mass is 487 g/mol. The molecule has 174 valence electrons. The van der Waals surface area contributed by atoms with Crippen LogP contribution < -0.4 is 14.4 Å². The van der Waals surface area contributed by atoms with Gasteiger partial charge in [0.15, 0.2) is 16.6 Å². The van der Waals surface area contributed by atoms with Crippen molar-refractivity contribution in [1.29, 1.82) is 0 Å². The topological polar surface area (TPSA) is 64.1 Å². The summed E-state index contributed by atoms with van der Waals surface area (Å²) < 4.78 is 18.6. The largest absolute Gasteiger partial charge is 0.482 e. The molecular formula is C24H26ClN3O4S. The Bertz CT molecular complexity index is 1160. The second-order valence-corrected chi connectivity index (χ2v) is 9.68. The summed E-state index contributed by atoms with van der Waals surface area (Å²) in [5, 5.41) is 1.31. The Balaban J connectivity index is 1.45. The van der Waals surface area contributed by atoms with E-state index in [0.717, 1.165) is 35.4 Å². The van der Waals surface area contributed by atoms with Crippen LogP contribution in [0.1, 0.15) is 12.5 Å². The highest BCUT2D eigenvalue weighted by Gasteiger charge is 2.38. The van der Waals surface area contributed by atoms with Crippen molar-refractivity contribution in [2.45, 2.75) is 26.1 Å². The number of nitrogens with zero attached hydrogens (tertiary/aromatic N) is 3. The van der Waals surface area contributed by atoms with Gasteiger partial charge in [-0.3, -0.25) is 14.6 Å². The van der Waals surface area contributed by atoms with Gasteiger partial charge in [-0.2, -0.15) is 0 Å². The molecule has 0 aliphatic carbocycles. The molecule has 5 rings (SSSR count). The maximum Gasteiger partial charge on any atom is 0.273 e. The van der Waals surface area contributed by atoms with E-state index in [4.69, 9.17) is 30.8 Å². The van der Waals surface area contributed by atoms with Gasteiger partial charge in [-0.05, 0) is 43.7 Å². The number of hydrogen-bond donors (Lipinski definition) is 0. The fraction of sp³-hybridized carbons (Fsp3) is 0.417. The number of morpholine rings is 1. The van der Waals surface area contributed by atoms with Gasteiger partial charge in [0.2, 0.25) is 6.10 Å². The number of amides is 1. The van der Waals surface area contributed by atoms with Crippen molar-refractivity contribution in [1.82, 2.24) is 9.88 Å². The van der Waals surface area contributed by atoms with E-state index in [-0.39, 0.29) is 5.91 Å². The normalized spacial score (nSPS) is 20.7. The van der Waals surface area contributed by atoms with E-state index in [1.165, 1.54) is 11.3 Å². The molecular weight excluding hydrogens is 462 g/mol. The number of anilines is 1. The van der Waals surface area contributed by atoms with Crippen LogP contribution in [-0.4, -0.2) is 67.4 Å². The van der Waals surface area contributed by atoms with Gasteiger partial charge in [0.1, 0.15) is 6.10 Å². The number of aryl methyl sites for hydroxylation is 1. The molecule has 0 bridgehead atoms. The van der Waals surface area contributed by atoms with E-state index < -0.39 is 12.2 Å². The van der Waals surface area contributed by atoms with Crippen molar-refractivity contribution in [3.05, 3.63) is 47.0 Å². The molecule has 1 amide bonds. The molecule has 3 heterocycles. The van der Waals surface area contributed by atoms with Gasteiger partial charge < -0.3 is 14.2 Å². The molecule has 0 saturated carbocycles. The van der Waals surface area contributed by atoms with Gasteiger partial charge in [-0.1, -0.05) is 35.1 Å². The Morgan fingerprint density at radius 2 is 1.91 bits per heavy atom. The van der Waals surface area contributed by atoms with Gasteiger partial charge in [-0.25, -0.2) is 4.98 Å². The maximum absolute atomic E-state index is 13.8. The Labute approximate surface area is 201 Å². The van der Waals surface area contributed by atoms with Crippen molar-refractivity contribution in [3.8, 4) is 11.5 Å². The van der Waals surface area contributed by atoms with Crippen LogP contribution in [0.25, 0.3) is 10.2 Å². The number of fused-ring (bicyclic) bond motifs is 2. The fourth-order valence-corrected chi connectivity index (χ4v) is 5.32. The molecule has 2 aliphatic rings. The lowest BCUT2D eigenvalue weighted by molar-refractivity contribution is -0.130. The van der Waals surface area contributed by atoms with Gasteiger partial charge in [0.25, 0.3) is 5.91 Å². The molecule has 3 aromatic rings. The van der Waals surface area contributed by atoms with Crippen LogP contribution in [-0.2, 0) is 9.53 Å². The molecule has 2 unspecified atom stereocenters. The number of aromatic nitrogens is 1. The summed E-state index contributed by atoms with van der Waals surface area (Å²) in [5.41, 5.74) is 1.74. The van der Waals surface area contributed by atoms with Crippen LogP contribution in [0, 0.1) is 6.92 Å². The molecule has 2 aromatic carbocycles. The lowest BCUT2D eigenvalue weighted by Gasteiger charge is -2.35. The Kier molecular flexibility index (Phi) is 6.42. The van der Waals surface area contributed by atoms with Crippen LogP contribution in [0.2, 0.25) is 5.02 Å². The Morgan fingerprint density at radius 1 is 1.18 bits per heavy atom. The van der Waals surface area contributed by atoms with Crippen LogP contribution in [0.4, 0.5) is 5.13 Å². The van der Waals surface area contributed by atoms with Gasteiger partial charge >= 0.3 is 0 Å². The minimum absolute atomic E-state index is 0.159. The summed E-state index contributed by atoms with van der Waals surface area (Å²) in [7, 11) is 0. The first-order chi connectivity index (χ1) is 16.0. The molecule has 1 fully saturated rings. The Hall–Kier alpha value is -2.39. The molecule has 1 aromatic heterocycles. The van der Waals surface area contributed by atoms with E-state index in [1.807, 2.05) is 50.2 Å². The molecule has 2 atom stereocenters. The minimum Gasteiger partial charge on any atom is -0.482 e. The summed E-state index contributed by atoms with van der Waals surface area (Å²) in [4.78, 5) is 22.7.